The molecule has 0 aliphatic carbocycles. The number of nitrogens with two attached hydrogens (primary N) is 1. The summed E-state index contributed by atoms with van der Waals surface area (Å²) in [5.74, 6) is 0. The average molecular weight is 205 g/mol. The van der Waals surface area contributed by atoms with Gasteiger partial charge in [-0.2, -0.15) is 10.4 Å². The summed E-state index contributed by atoms with van der Waals surface area (Å²) in [4.78, 5) is 10.3. The largest absolute Gasteiger partial charge is 0.350 e. The number of carbonyl (C=O) groups excluding carboxylic acids is 1. The van der Waals surface area contributed by atoms with Crippen molar-refractivity contribution in [3.8, 4) is 6.07 Å². The first-order chi connectivity index (χ1) is 7.06. The van der Waals surface area contributed by atoms with Gasteiger partial charge >= 0.3 is 6.03 Å². The van der Waals surface area contributed by atoms with Gasteiger partial charge in [-0.25, -0.2) is 10.2 Å². The lowest BCUT2D eigenvalue weighted by atomic mass is 10.3. The Hall–Kier alpha value is -2.29. The van der Waals surface area contributed by atoms with Gasteiger partial charge in [0.25, 0.3) is 0 Å². The van der Waals surface area contributed by atoms with E-state index in [1.54, 1.807) is 17.7 Å². The summed E-state index contributed by atoms with van der Waals surface area (Å²) >= 11 is 0. The molecule has 6 heteroatoms. The monoisotopic (exact) mass is 205 g/mol. The minimum atomic E-state index is -0.722. The molecule has 78 valence electrons. The second-order valence-corrected chi connectivity index (χ2v) is 2.98. The second-order valence-electron chi connectivity index (χ2n) is 2.98. The fourth-order valence-corrected chi connectivity index (χ4v) is 1.13. The molecule has 1 rings (SSSR count). The van der Waals surface area contributed by atoms with E-state index in [1.807, 2.05) is 13.0 Å². The van der Waals surface area contributed by atoms with Crippen molar-refractivity contribution in [3.63, 3.8) is 0 Å². The van der Waals surface area contributed by atoms with Crippen molar-refractivity contribution in [2.45, 2.75) is 6.92 Å². The summed E-state index contributed by atoms with van der Waals surface area (Å²) in [6.07, 6.45) is 1.45. The Morgan fingerprint density at radius 2 is 2.47 bits per heavy atom. The first kappa shape index (κ1) is 10.8. The number of hydrazone groups is 1. The summed E-state index contributed by atoms with van der Waals surface area (Å²) in [6.45, 7) is 1.85. The van der Waals surface area contributed by atoms with Crippen LogP contribution in [0, 0.1) is 18.3 Å². The third-order valence-corrected chi connectivity index (χ3v) is 2.07. The van der Waals surface area contributed by atoms with Crippen LogP contribution < -0.4 is 11.2 Å². The normalized spacial score (nSPS) is 10.2. The van der Waals surface area contributed by atoms with Crippen LogP contribution in [-0.4, -0.2) is 16.8 Å². The quantitative estimate of drug-likeness (QED) is 0.533. The van der Waals surface area contributed by atoms with Crippen molar-refractivity contribution in [2.75, 3.05) is 0 Å². The summed E-state index contributed by atoms with van der Waals surface area (Å²) in [7, 11) is 1.78. The van der Waals surface area contributed by atoms with Crippen molar-refractivity contribution in [2.24, 2.45) is 17.9 Å². The Balaban J connectivity index is 2.92. The van der Waals surface area contributed by atoms with E-state index < -0.39 is 6.03 Å². The lowest BCUT2D eigenvalue weighted by molar-refractivity contribution is 0.249. The van der Waals surface area contributed by atoms with Gasteiger partial charge in [-0.15, -0.1) is 0 Å². The maximum absolute atomic E-state index is 10.3. The van der Waals surface area contributed by atoms with Crippen LogP contribution in [0.15, 0.2) is 11.2 Å². The van der Waals surface area contributed by atoms with Crippen molar-refractivity contribution >= 4 is 12.2 Å². The lowest BCUT2D eigenvalue weighted by Gasteiger charge is -1.97. The number of rotatable bonds is 2. The van der Waals surface area contributed by atoms with E-state index in [0.717, 1.165) is 11.3 Å². The molecule has 0 aliphatic heterocycles. The number of nitrogens with one attached hydrogen (secondary N) is 1. The van der Waals surface area contributed by atoms with Gasteiger partial charge in [-0.1, -0.05) is 0 Å². The number of amides is 2. The van der Waals surface area contributed by atoms with Crippen LogP contribution >= 0.6 is 0 Å². The highest BCUT2D eigenvalue weighted by atomic mass is 16.2. The smallest absolute Gasteiger partial charge is 0.332 e. The van der Waals surface area contributed by atoms with E-state index in [9.17, 15) is 4.79 Å². The first-order valence-corrected chi connectivity index (χ1v) is 4.21. The van der Waals surface area contributed by atoms with Crippen LogP contribution in [0.5, 0.6) is 0 Å². The maximum Gasteiger partial charge on any atom is 0.332 e. The van der Waals surface area contributed by atoms with Crippen LogP contribution in [0.2, 0.25) is 0 Å². The molecule has 0 aromatic carbocycles. The third kappa shape index (κ3) is 2.34. The molecule has 0 saturated carbocycles. The van der Waals surface area contributed by atoms with Gasteiger partial charge < -0.3 is 10.3 Å². The highest BCUT2D eigenvalue weighted by Gasteiger charge is 2.05. The second kappa shape index (κ2) is 4.28. The van der Waals surface area contributed by atoms with E-state index in [1.165, 1.54) is 6.21 Å². The molecule has 1 aromatic heterocycles. The van der Waals surface area contributed by atoms with Crippen LogP contribution in [0.25, 0.3) is 0 Å². The zero-order valence-corrected chi connectivity index (χ0v) is 8.48. The van der Waals surface area contributed by atoms with E-state index in [2.05, 4.69) is 10.5 Å². The molecule has 15 heavy (non-hydrogen) atoms. The maximum atomic E-state index is 10.3. The molecule has 6 nitrogen and oxygen atoms in total. The Morgan fingerprint density at radius 3 is 2.93 bits per heavy atom. The standard InChI is InChI=1S/C9H11N5O/c1-6-7(5-12-13-9(11)15)3-8(4-10)14(6)2/h3,5H,1-2H3,(H3,11,13,15)/b12-5-. The molecule has 0 fully saturated rings. The van der Waals surface area contributed by atoms with Gasteiger partial charge in [0.15, 0.2) is 0 Å². The lowest BCUT2D eigenvalue weighted by Crippen LogP contribution is -2.24. The third-order valence-electron chi connectivity index (χ3n) is 2.07. The predicted octanol–water partition coefficient (Wildman–Crippen LogP) is 0.207. The van der Waals surface area contributed by atoms with Crippen LogP contribution in [0.4, 0.5) is 4.79 Å². The molecule has 0 saturated heterocycles. The van der Waals surface area contributed by atoms with Crippen LogP contribution in [-0.2, 0) is 7.05 Å². The number of carbonyl (C=O) groups is 1. The van der Waals surface area contributed by atoms with Gasteiger partial charge in [0.05, 0.1) is 6.21 Å². The number of hydrogen-bond donors (Lipinski definition) is 2. The molecule has 2 amide bonds. The Morgan fingerprint density at radius 1 is 1.80 bits per heavy atom. The van der Waals surface area contributed by atoms with Gasteiger partial charge in [0.1, 0.15) is 11.8 Å². The molecule has 1 heterocycles. The molecule has 3 N–H and O–H groups in total. The SMILES string of the molecule is Cc1c(/C=N\NC(N)=O)cc(C#N)n1C. The number of urea groups is 1. The molecule has 0 aliphatic rings. The van der Waals surface area contributed by atoms with E-state index in [-0.39, 0.29) is 0 Å². The van der Waals surface area contributed by atoms with E-state index in [4.69, 9.17) is 11.0 Å². The minimum absolute atomic E-state index is 0.535. The Labute approximate surface area is 87.0 Å². The summed E-state index contributed by atoms with van der Waals surface area (Å²) in [6, 6.07) is 3.01. The molecule has 1 aromatic rings. The average Bonchev–Trinajstić information content (AvgIpc) is 2.45. The molecule has 0 atom stereocenters. The molecular weight excluding hydrogens is 194 g/mol. The van der Waals surface area contributed by atoms with Crippen molar-refractivity contribution in [3.05, 3.63) is 23.0 Å². The predicted molar refractivity (Wildman–Crippen MR) is 55.2 cm³/mol. The zero-order chi connectivity index (χ0) is 11.4. The highest BCUT2D eigenvalue weighted by molar-refractivity contribution is 5.83. The van der Waals surface area contributed by atoms with Gasteiger partial charge in [0.2, 0.25) is 0 Å². The van der Waals surface area contributed by atoms with Gasteiger partial charge in [0, 0.05) is 18.3 Å². The zero-order valence-electron chi connectivity index (χ0n) is 8.48. The molecule has 0 radical (unpaired) electrons. The molecule has 0 spiro atoms. The van der Waals surface area contributed by atoms with E-state index >= 15 is 0 Å². The van der Waals surface area contributed by atoms with Crippen molar-refractivity contribution in [1.82, 2.24) is 9.99 Å². The number of aromatic nitrogens is 1. The molecule has 0 unspecified atom stereocenters. The summed E-state index contributed by atoms with van der Waals surface area (Å²) < 4.78 is 1.74. The van der Waals surface area contributed by atoms with Crippen LogP contribution in [0.3, 0.4) is 0 Å². The fraction of sp³-hybridized carbons (Fsp3) is 0.222. The highest BCUT2D eigenvalue weighted by Crippen LogP contribution is 2.10. The Bertz CT molecular complexity index is 452. The number of primary amides is 1. The number of nitrogens with zero attached hydrogens (tertiary/aromatic N) is 3. The van der Waals surface area contributed by atoms with E-state index in [0.29, 0.717) is 5.69 Å². The molecule has 0 bridgehead atoms. The summed E-state index contributed by atoms with van der Waals surface area (Å²) in [5, 5.41) is 12.4. The number of hydrogen-bond acceptors (Lipinski definition) is 3. The fourth-order valence-electron chi connectivity index (χ4n) is 1.13. The van der Waals surface area contributed by atoms with Gasteiger partial charge in [-0.3, -0.25) is 0 Å². The van der Waals surface area contributed by atoms with Crippen LogP contribution in [0.1, 0.15) is 17.0 Å². The summed E-state index contributed by atoms with van der Waals surface area (Å²) in [5.41, 5.74) is 9.11. The Kier molecular flexibility index (Phi) is 3.08. The molecular formula is C9H11N5O. The van der Waals surface area contributed by atoms with Gasteiger partial charge in [-0.05, 0) is 13.0 Å². The number of nitriles is 1. The van der Waals surface area contributed by atoms with Crippen molar-refractivity contribution < 1.29 is 4.79 Å². The minimum Gasteiger partial charge on any atom is -0.350 e. The van der Waals surface area contributed by atoms with Crippen molar-refractivity contribution in [1.29, 1.82) is 5.26 Å². The topological polar surface area (TPSA) is 96.2 Å². The first-order valence-electron chi connectivity index (χ1n) is 4.21.